The quantitative estimate of drug-likeness (QED) is 0.818. The summed E-state index contributed by atoms with van der Waals surface area (Å²) in [7, 11) is -3.78. The summed E-state index contributed by atoms with van der Waals surface area (Å²) in [6.07, 6.45) is 0.249. The Labute approximate surface area is 138 Å². The van der Waals surface area contributed by atoms with Crippen LogP contribution in [0.1, 0.15) is 5.56 Å². The third kappa shape index (κ3) is 2.80. The maximum atomic E-state index is 12.4. The number of nitrogens with one attached hydrogen (secondary N) is 2. The van der Waals surface area contributed by atoms with Crippen molar-refractivity contribution in [1.29, 1.82) is 0 Å². The van der Waals surface area contributed by atoms with Crippen LogP contribution in [-0.4, -0.2) is 14.3 Å². The Morgan fingerprint density at radius 2 is 2.14 bits per heavy atom. The topological polar surface area (TPSA) is 75.3 Å². The van der Waals surface area contributed by atoms with Crippen LogP contribution in [-0.2, 0) is 21.2 Å². The summed E-state index contributed by atoms with van der Waals surface area (Å²) >= 11 is 9.96. The largest absolute Gasteiger partial charge is 0.324 e. The fraction of sp³-hybridized carbons (Fsp3) is 0.0833. The number of hydrogen-bond acceptors (Lipinski definition) is 4. The lowest BCUT2D eigenvalue weighted by molar-refractivity contribution is -0.115. The number of carbonyl (C=O) groups excluding carboxylic acids is 1. The third-order valence-electron chi connectivity index (χ3n) is 2.88. The van der Waals surface area contributed by atoms with Crippen LogP contribution in [0, 0.1) is 0 Å². The van der Waals surface area contributed by atoms with Gasteiger partial charge in [-0.05, 0) is 33.6 Å². The van der Waals surface area contributed by atoms with Crippen LogP contribution in [0.15, 0.2) is 32.9 Å². The summed E-state index contributed by atoms with van der Waals surface area (Å²) in [4.78, 5) is 11.4. The van der Waals surface area contributed by atoms with E-state index in [1.165, 1.54) is 6.07 Å². The van der Waals surface area contributed by atoms with Gasteiger partial charge in [0.15, 0.2) is 4.21 Å². The molecule has 0 saturated carbocycles. The van der Waals surface area contributed by atoms with Gasteiger partial charge in [-0.25, -0.2) is 8.42 Å². The van der Waals surface area contributed by atoms with Gasteiger partial charge in [-0.1, -0.05) is 23.7 Å². The van der Waals surface area contributed by atoms with E-state index in [1.54, 1.807) is 18.2 Å². The second kappa shape index (κ2) is 5.28. The summed E-state index contributed by atoms with van der Waals surface area (Å²) in [5.41, 5.74) is 1.61. The maximum absolute atomic E-state index is 12.4. The molecular weight excluding hydrogens is 400 g/mol. The van der Waals surface area contributed by atoms with Crippen molar-refractivity contribution in [2.24, 2.45) is 0 Å². The summed E-state index contributed by atoms with van der Waals surface area (Å²) in [5.74, 6) is -0.156. The van der Waals surface area contributed by atoms with Crippen LogP contribution in [0.25, 0.3) is 0 Å². The van der Waals surface area contributed by atoms with Crippen LogP contribution in [0.2, 0.25) is 4.34 Å². The van der Waals surface area contributed by atoms with Crippen molar-refractivity contribution in [2.45, 2.75) is 10.6 Å². The maximum Gasteiger partial charge on any atom is 0.272 e. The number of carbonyl (C=O) groups is 1. The second-order valence-corrected chi connectivity index (χ2v) is 8.77. The molecular formula is C12H8BrClN2O3S2. The fourth-order valence-corrected chi connectivity index (χ4v) is 6.12. The molecule has 0 atom stereocenters. The summed E-state index contributed by atoms with van der Waals surface area (Å²) < 4.78 is 28.2. The Balaban J connectivity index is 2.00. The van der Waals surface area contributed by atoms with Gasteiger partial charge < -0.3 is 5.32 Å². The molecule has 2 heterocycles. The highest BCUT2D eigenvalue weighted by Gasteiger charge is 2.25. The Kier molecular flexibility index (Phi) is 3.73. The number of amides is 1. The van der Waals surface area contributed by atoms with E-state index in [0.717, 1.165) is 16.9 Å². The van der Waals surface area contributed by atoms with Crippen LogP contribution >= 0.6 is 38.9 Å². The predicted molar refractivity (Wildman–Crippen MR) is 86.6 cm³/mol. The molecule has 1 aromatic heterocycles. The SMILES string of the molecule is O=C1Cc2cccc(NS(=O)(=O)c3sc(Cl)cc3Br)c2N1. The zero-order chi connectivity index (χ0) is 15.2. The molecule has 0 fully saturated rings. The van der Waals surface area contributed by atoms with Gasteiger partial charge in [-0.3, -0.25) is 9.52 Å². The van der Waals surface area contributed by atoms with Crippen molar-refractivity contribution in [3.05, 3.63) is 38.6 Å². The first-order chi connectivity index (χ1) is 9.87. The Hall–Kier alpha value is -1.09. The van der Waals surface area contributed by atoms with Crippen LogP contribution < -0.4 is 10.0 Å². The van der Waals surface area contributed by atoms with E-state index in [-0.39, 0.29) is 16.5 Å². The molecule has 0 bridgehead atoms. The number of halogens is 2. The lowest BCUT2D eigenvalue weighted by Crippen LogP contribution is -2.13. The van der Waals surface area contributed by atoms with E-state index in [9.17, 15) is 13.2 Å². The third-order valence-corrected chi connectivity index (χ3v) is 7.19. The first-order valence-corrected chi connectivity index (χ1v) is 9.23. The molecule has 1 amide bonds. The number of benzene rings is 1. The summed E-state index contributed by atoms with van der Waals surface area (Å²) in [5, 5.41) is 2.66. The first kappa shape index (κ1) is 14.8. The number of fused-ring (bicyclic) bond motifs is 1. The van der Waals surface area contributed by atoms with Crippen LogP contribution in [0.4, 0.5) is 11.4 Å². The molecule has 1 aromatic carbocycles. The van der Waals surface area contributed by atoms with Gasteiger partial charge in [0, 0.05) is 0 Å². The highest BCUT2D eigenvalue weighted by molar-refractivity contribution is 9.10. The number of sulfonamides is 1. The molecule has 21 heavy (non-hydrogen) atoms. The molecule has 1 aliphatic rings. The van der Waals surface area contributed by atoms with E-state index < -0.39 is 10.0 Å². The minimum absolute atomic E-state index is 0.0921. The lowest BCUT2D eigenvalue weighted by Gasteiger charge is -2.11. The molecule has 0 unspecified atom stereocenters. The number of anilines is 2. The Bertz CT molecular complexity index is 848. The van der Waals surface area contributed by atoms with Crippen molar-refractivity contribution in [2.75, 3.05) is 10.0 Å². The standard InChI is InChI=1S/C12H8BrClN2O3S2/c13-7-5-9(14)20-12(7)21(18,19)16-8-3-1-2-6-4-10(17)15-11(6)8/h1-3,5,16H,4H2,(H,15,17). The molecule has 0 saturated heterocycles. The lowest BCUT2D eigenvalue weighted by atomic mass is 10.1. The van der Waals surface area contributed by atoms with Gasteiger partial charge in [-0.2, -0.15) is 0 Å². The number of rotatable bonds is 3. The second-order valence-electron chi connectivity index (χ2n) is 4.36. The van der Waals surface area contributed by atoms with Crippen molar-refractivity contribution in [1.82, 2.24) is 0 Å². The smallest absolute Gasteiger partial charge is 0.272 e. The highest BCUT2D eigenvalue weighted by atomic mass is 79.9. The van der Waals surface area contributed by atoms with Gasteiger partial charge in [0.2, 0.25) is 5.91 Å². The summed E-state index contributed by atoms with van der Waals surface area (Å²) in [6.45, 7) is 0. The summed E-state index contributed by atoms with van der Waals surface area (Å²) in [6, 6.07) is 6.61. The molecule has 110 valence electrons. The first-order valence-electron chi connectivity index (χ1n) is 5.76. The minimum atomic E-state index is -3.78. The van der Waals surface area contributed by atoms with Gasteiger partial charge in [0.05, 0.1) is 26.6 Å². The zero-order valence-electron chi connectivity index (χ0n) is 10.3. The molecule has 0 spiro atoms. The van der Waals surface area contributed by atoms with Crippen molar-refractivity contribution >= 4 is 66.2 Å². The minimum Gasteiger partial charge on any atom is -0.324 e. The number of para-hydroxylation sites is 1. The van der Waals surface area contributed by atoms with E-state index in [4.69, 9.17) is 11.6 Å². The average molecular weight is 408 g/mol. The van der Waals surface area contributed by atoms with E-state index in [0.29, 0.717) is 20.2 Å². The molecule has 5 nitrogen and oxygen atoms in total. The molecule has 0 radical (unpaired) electrons. The van der Waals surface area contributed by atoms with Crippen LogP contribution in [0.3, 0.4) is 0 Å². The van der Waals surface area contributed by atoms with Gasteiger partial charge >= 0.3 is 0 Å². The molecule has 2 aromatic rings. The number of thiophene rings is 1. The fourth-order valence-electron chi connectivity index (χ4n) is 2.04. The molecule has 1 aliphatic heterocycles. The number of hydrogen-bond donors (Lipinski definition) is 2. The van der Waals surface area contributed by atoms with Gasteiger partial charge in [-0.15, -0.1) is 11.3 Å². The molecule has 3 rings (SSSR count). The molecule has 9 heteroatoms. The average Bonchev–Trinajstić information content (AvgIpc) is 2.92. The Morgan fingerprint density at radius 3 is 2.81 bits per heavy atom. The van der Waals surface area contributed by atoms with Crippen molar-refractivity contribution in [3.63, 3.8) is 0 Å². The monoisotopic (exact) mass is 406 g/mol. The Morgan fingerprint density at radius 1 is 1.38 bits per heavy atom. The molecule has 0 aliphatic carbocycles. The van der Waals surface area contributed by atoms with Gasteiger partial charge in [0.25, 0.3) is 10.0 Å². The van der Waals surface area contributed by atoms with E-state index in [2.05, 4.69) is 26.0 Å². The molecule has 2 N–H and O–H groups in total. The normalized spacial score (nSPS) is 13.9. The van der Waals surface area contributed by atoms with Crippen LogP contribution in [0.5, 0.6) is 0 Å². The van der Waals surface area contributed by atoms with Crippen molar-refractivity contribution in [3.8, 4) is 0 Å². The van der Waals surface area contributed by atoms with Gasteiger partial charge in [0.1, 0.15) is 0 Å². The predicted octanol–water partition coefficient (Wildman–Crippen LogP) is 3.46. The zero-order valence-corrected chi connectivity index (χ0v) is 14.3. The highest BCUT2D eigenvalue weighted by Crippen LogP contribution is 2.37. The van der Waals surface area contributed by atoms with E-state index >= 15 is 0 Å². The van der Waals surface area contributed by atoms with E-state index in [1.807, 2.05) is 0 Å². The van der Waals surface area contributed by atoms with Crippen molar-refractivity contribution < 1.29 is 13.2 Å².